The maximum atomic E-state index is 5.62. The molecule has 2 aromatic heterocycles. The molecule has 2 aliphatic rings. The normalized spacial score (nSPS) is 17.7. The molecular formula is C26H35N5O. The molecule has 1 aromatic carbocycles. The van der Waals surface area contributed by atoms with E-state index in [1.165, 1.54) is 28.5 Å². The molecule has 1 fully saturated rings. The quantitative estimate of drug-likeness (QED) is 0.599. The first-order chi connectivity index (χ1) is 15.7. The van der Waals surface area contributed by atoms with Crippen LogP contribution < -0.4 is 0 Å². The van der Waals surface area contributed by atoms with Crippen molar-refractivity contribution >= 4 is 0 Å². The molecule has 4 heterocycles. The van der Waals surface area contributed by atoms with Crippen molar-refractivity contribution in [3.05, 3.63) is 70.6 Å². The lowest BCUT2D eigenvalue weighted by Gasteiger charge is -2.30. The molecule has 0 spiro atoms. The maximum Gasteiger partial charge on any atom is 0.112 e. The van der Waals surface area contributed by atoms with Gasteiger partial charge in [0.15, 0.2) is 0 Å². The van der Waals surface area contributed by atoms with E-state index >= 15 is 0 Å². The molecule has 1 N–H and O–H groups in total. The molecule has 32 heavy (non-hydrogen) atoms. The summed E-state index contributed by atoms with van der Waals surface area (Å²) in [5, 5.41) is 7.74. The van der Waals surface area contributed by atoms with Gasteiger partial charge in [0.1, 0.15) is 5.82 Å². The summed E-state index contributed by atoms with van der Waals surface area (Å²) < 4.78 is 8.17. The third-order valence-corrected chi connectivity index (χ3v) is 6.91. The molecule has 5 rings (SSSR count). The third kappa shape index (κ3) is 4.66. The minimum Gasteiger partial charge on any atom is -0.381 e. The third-order valence-electron chi connectivity index (χ3n) is 6.91. The van der Waals surface area contributed by atoms with Gasteiger partial charge in [0.05, 0.1) is 17.1 Å². The number of nitrogens with one attached hydrogen (secondary N) is 1. The highest BCUT2D eigenvalue weighted by atomic mass is 16.5. The Balaban J connectivity index is 1.36. The van der Waals surface area contributed by atoms with E-state index in [0.717, 1.165) is 70.8 Å². The van der Waals surface area contributed by atoms with Gasteiger partial charge >= 0.3 is 0 Å². The summed E-state index contributed by atoms with van der Waals surface area (Å²) >= 11 is 0. The number of benzene rings is 1. The van der Waals surface area contributed by atoms with Gasteiger partial charge in [-0.25, -0.2) is 4.98 Å². The lowest BCUT2D eigenvalue weighted by molar-refractivity contribution is 0.0821. The van der Waals surface area contributed by atoms with Gasteiger partial charge in [0.2, 0.25) is 0 Å². The fourth-order valence-electron chi connectivity index (χ4n) is 5.02. The number of hydrogen-bond donors (Lipinski definition) is 1. The predicted octanol–water partition coefficient (Wildman–Crippen LogP) is 4.42. The first-order valence-electron chi connectivity index (χ1n) is 12.1. The van der Waals surface area contributed by atoms with Gasteiger partial charge < -0.3 is 9.30 Å². The zero-order chi connectivity index (χ0) is 21.9. The summed E-state index contributed by atoms with van der Waals surface area (Å²) in [6.45, 7) is 10.0. The van der Waals surface area contributed by atoms with E-state index in [1.54, 1.807) is 0 Å². The van der Waals surface area contributed by atoms with Crippen LogP contribution in [0.2, 0.25) is 0 Å². The first kappa shape index (κ1) is 21.4. The molecule has 0 unspecified atom stereocenters. The van der Waals surface area contributed by atoms with Gasteiger partial charge in [-0.15, -0.1) is 0 Å². The first-order valence-corrected chi connectivity index (χ1v) is 12.1. The number of aromatic nitrogens is 4. The fraction of sp³-hybridized carbons (Fsp3) is 0.538. The Bertz CT molecular complexity index is 1020. The highest BCUT2D eigenvalue weighted by Gasteiger charge is 2.29. The number of H-pyrrole nitrogens is 1. The molecule has 1 saturated heterocycles. The van der Waals surface area contributed by atoms with Crippen molar-refractivity contribution in [2.75, 3.05) is 19.8 Å². The van der Waals surface area contributed by atoms with Crippen LogP contribution in [0.15, 0.2) is 36.4 Å². The summed E-state index contributed by atoms with van der Waals surface area (Å²) in [5.41, 5.74) is 6.43. The number of fused-ring (bicyclic) bond motifs is 1. The summed E-state index contributed by atoms with van der Waals surface area (Å²) in [6, 6.07) is 13.0. The zero-order valence-electron chi connectivity index (χ0n) is 19.4. The summed E-state index contributed by atoms with van der Waals surface area (Å²) in [7, 11) is 0. The second-order valence-electron chi connectivity index (χ2n) is 9.57. The average molecular weight is 434 g/mol. The molecule has 6 heteroatoms. The largest absolute Gasteiger partial charge is 0.381 e. The average Bonchev–Trinajstić information content (AvgIpc) is 3.44. The molecule has 6 nitrogen and oxygen atoms in total. The van der Waals surface area contributed by atoms with Crippen LogP contribution in [0.1, 0.15) is 72.7 Å². The van der Waals surface area contributed by atoms with E-state index < -0.39 is 0 Å². The number of aryl methyl sites for hydroxylation is 2. The van der Waals surface area contributed by atoms with Crippen LogP contribution in [-0.2, 0) is 37.2 Å². The Morgan fingerprint density at radius 2 is 1.91 bits per heavy atom. The van der Waals surface area contributed by atoms with Crippen molar-refractivity contribution in [3.63, 3.8) is 0 Å². The zero-order valence-corrected chi connectivity index (χ0v) is 19.4. The predicted molar refractivity (Wildman–Crippen MR) is 126 cm³/mol. The van der Waals surface area contributed by atoms with Gasteiger partial charge in [0, 0.05) is 51.0 Å². The molecule has 3 aromatic rings. The Morgan fingerprint density at radius 3 is 2.66 bits per heavy atom. The number of ether oxygens (including phenoxy) is 1. The van der Waals surface area contributed by atoms with Crippen molar-refractivity contribution in [1.82, 2.24) is 24.6 Å². The molecule has 0 bridgehead atoms. The molecule has 0 amide bonds. The fourth-order valence-corrected chi connectivity index (χ4v) is 5.02. The van der Waals surface area contributed by atoms with Crippen molar-refractivity contribution < 1.29 is 4.74 Å². The minimum atomic E-state index is 0.453. The van der Waals surface area contributed by atoms with Crippen LogP contribution in [0.5, 0.6) is 0 Å². The summed E-state index contributed by atoms with van der Waals surface area (Å²) in [6.07, 6.45) is 4.21. The van der Waals surface area contributed by atoms with Crippen LogP contribution >= 0.6 is 0 Å². The highest BCUT2D eigenvalue weighted by molar-refractivity contribution is 5.24. The van der Waals surface area contributed by atoms with Gasteiger partial charge in [-0.3, -0.25) is 10.00 Å². The molecule has 0 radical (unpaired) electrons. The molecule has 0 aliphatic carbocycles. The molecule has 170 valence electrons. The second-order valence-corrected chi connectivity index (χ2v) is 9.57. The monoisotopic (exact) mass is 433 g/mol. The smallest absolute Gasteiger partial charge is 0.112 e. The van der Waals surface area contributed by atoms with Crippen molar-refractivity contribution in [3.8, 4) is 0 Å². The van der Waals surface area contributed by atoms with Gasteiger partial charge in [0.25, 0.3) is 0 Å². The van der Waals surface area contributed by atoms with Gasteiger partial charge in [-0.1, -0.05) is 44.2 Å². The van der Waals surface area contributed by atoms with Crippen LogP contribution in [0, 0.1) is 0 Å². The van der Waals surface area contributed by atoms with Crippen molar-refractivity contribution in [1.29, 1.82) is 0 Å². The SMILES string of the molecule is CC(C)c1cc(CN2CCn3c(C4CCOCC4)nc(CCc4ccccc4)c3C2)[nH]n1. The van der Waals surface area contributed by atoms with E-state index in [-0.39, 0.29) is 0 Å². The number of nitrogens with zero attached hydrogens (tertiary/aromatic N) is 4. The lowest BCUT2D eigenvalue weighted by Crippen LogP contribution is -2.34. The number of aromatic amines is 1. The molecular weight excluding hydrogens is 398 g/mol. The Morgan fingerprint density at radius 1 is 1.09 bits per heavy atom. The minimum absolute atomic E-state index is 0.453. The lowest BCUT2D eigenvalue weighted by atomic mass is 9.99. The van der Waals surface area contributed by atoms with Crippen LogP contribution in [0.3, 0.4) is 0 Å². The number of imidazole rings is 1. The standard InChI is InChI=1S/C26H35N5O/c1-19(2)24-16-22(28-29-24)17-30-12-13-31-25(18-30)23(9-8-20-6-4-3-5-7-20)27-26(31)21-10-14-32-15-11-21/h3-7,16,19,21H,8-15,17-18H2,1-2H3,(H,28,29). The number of rotatable bonds is 7. The molecule has 0 saturated carbocycles. The van der Waals surface area contributed by atoms with Crippen LogP contribution in [0.25, 0.3) is 0 Å². The van der Waals surface area contributed by atoms with E-state index in [4.69, 9.17) is 9.72 Å². The Hall–Kier alpha value is -2.44. The molecule has 2 aliphatic heterocycles. The topological polar surface area (TPSA) is 59.0 Å². The highest BCUT2D eigenvalue weighted by Crippen LogP contribution is 2.31. The Labute approximate surface area is 191 Å². The van der Waals surface area contributed by atoms with Gasteiger partial charge in [-0.2, -0.15) is 5.10 Å². The molecule has 0 atom stereocenters. The van der Waals surface area contributed by atoms with E-state index in [0.29, 0.717) is 11.8 Å². The Kier molecular flexibility index (Phi) is 6.42. The second kappa shape index (κ2) is 9.59. The van der Waals surface area contributed by atoms with E-state index in [2.05, 4.69) is 69.9 Å². The van der Waals surface area contributed by atoms with Crippen LogP contribution in [-0.4, -0.2) is 44.4 Å². The van der Waals surface area contributed by atoms with Crippen LogP contribution in [0.4, 0.5) is 0 Å². The summed E-state index contributed by atoms with van der Waals surface area (Å²) in [4.78, 5) is 7.80. The van der Waals surface area contributed by atoms with E-state index in [1.807, 2.05) is 0 Å². The van der Waals surface area contributed by atoms with Gasteiger partial charge in [-0.05, 0) is 43.2 Å². The van der Waals surface area contributed by atoms with Crippen molar-refractivity contribution in [2.45, 2.75) is 71.0 Å². The van der Waals surface area contributed by atoms with Crippen molar-refractivity contribution in [2.24, 2.45) is 0 Å². The summed E-state index contributed by atoms with van der Waals surface area (Å²) in [5.74, 6) is 2.28. The number of hydrogen-bond acceptors (Lipinski definition) is 4. The van der Waals surface area contributed by atoms with E-state index in [9.17, 15) is 0 Å². The maximum absolute atomic E-state index is 5.62.